The first-order valence-electron chi connectivity index (χ1n) is 8.66. The second-order valence-electron chi connectivity index (χ2n) is 7.57. The highest BCUT2D eigenvalue weighted by molar-refractivity contribution is 5.26. The molecule has 0 heterocycles. The molecule has 1 heteroatoms. The molecule has 0 aliphatic heterocycles. The third-order valence-corrected chi connectivity index (χ3v) is 6.37. The topological polar surface area (TPSA) is 20.2 Å². The van der Waals surface area contributed by atoms with E-state index >= 15 is 0 Å². The van der Waals surface area contributed by atoms with Crippen LogP contribution in [0.15, 0.2) is 23.8 Å². The number of aliphatic hydroxyl groups excluding tert-OH is 1. The van der Waals surface area contributed by atoms with Gasteiger partial charge in [0.25, 0.3) is 0 Å². The molecule has 0 saturated heterocycles. The van der Waals surface area contributed by atoms with Crippen molar-refractivity contribution in [3.63, 3.8) is 0 Å². The molecule has 3 aliphatic carbocycles. The summed E-state index contributed by atoms with van der Waals surface area (Å²) < 4.78 is 0. The van der Waals surface area contributed by atoms with E-state index in [0.717, 1.165) is 36.5 Å². The SMILES string of the molecule is CC1CC=CC2(C)C1C=C(CCCO)C1CCCCC12. The fraction of sp³-hybridized carbons (Fsp3) is 0.789. The van der Waals surface area contributed by atoms with Crippen molar-refractivity contribution in [1.82, 2.24) is 0 Å². The van der Waals surface area contributed by atoms with Crippen LogP contribution in [-0.2, 0) is 0 Å². The highest BCUT2D eigenvalue weighted by Gasteiger charge is 2.49. The predicted octanol–water partition coefficient (Wildman–Crippen LogP) is 4.72. The Kier molecular flexibility index (Phi) is 4.08. The van der Waals surface area contributed by atoms with E-state index < -0.39 is 0 Å². The Hall–Kier alpha value is -0.560. The van der Waals surface area contributed by atoms with Gasteiger partial charge < -0.3 is 5.11 Å². The number of hydrogen-bond donors (Lipinski definition) is 1. The molecule has 0 radical (unpaired) electrons. The maximum absolute atomic E-state index is 9.19. The standard InChI is InChI=1S/C19H30O/c1-14-7-5-11-19(2)17-10-4-3-9-16(17)15(8-6-12-20)13-18(14)19/h5,11,13-14,16-18,20H,3-4,6-10,12H2,1-2H3. The summed E-state index contributed by atoms with van der Waals surface area (Å²) in [6, 6.07) is 0. The van der Waals surface area contributed by atoms with Gasteiger partial charge in [0, 0.05) is 6.61 Å². The van der Waals surface area contributed by atoms with Crippen molar-refractivity contribution in [2.45, 2.75) is 58.8 Å². The van der Waals surface area contributed by atoms with E-state index in [1.807, 2.05) is 0 Å². The first-order valence-corrected chi connectivity index (χ1v) is 8.66. The quantitative estimate of drug-likeness (QED) is 0.738. The van der Waals surface area contributed by atoms with Crippen LogP contribution in [0.3, 0.4) is 0 Å². The summed E-state index contributed by atoms with van der Waals surface area (Å²) in [5.41, 5.74) is 2.08. The van der Waals surface area contributed by atoms with E-state index in [1.54, 1.807) is 5.57 Å². The Morgan fingerprint density at radius 3 is 2.90 bits per heavy atom. The van der Waals surface area contributed by atoms with Gasteiger partial charge >= 0.3 is 0 Å². The van der Waals surface area contributed by atoms with Gasteiger partial charge in [-0.2, -0.15) is 0 Å². The van der Waals surface area contributed by atoms with Crippen molar-refractivity contribution < 1.29 is 5.11 Å². The Bertz CT molecular complexity index is 408. The van der Waals surface area contributed by atoms with Crippen LogP contribution >= 0.6 is 0 Å². The average molecular weight is 274 g/mol. The number of hydrogen-bond acceptors (Lipinski definition) is 1. The summed E-state index contributed by atoms with van der Waals surface area (Å²) in [7, 11) is 0. The Morgan fingerprint density at radius 1 is 1.30 bits per heavy atom. The average Bonchev–Trinajstić information content (AvgIpc) is 2.46. The van der Waals surface area contributed by atoms with Crippen LogP contribution in [0.25, 0.3) is 0 Å². The Labute approximate surface area is 124 Å². The summed E-state index contributed by atoms with van der Waals surface area (Å²) >= 11 is 0. The molecule has 3 rings (SSSR count). The summed E-state index contributed by atoms with van der Waals surface area (Å²) in [4.78, 5) is 0. The molecule has 1 saturated carbocycles. The minimum absolute atomic E-state index is 0.339. The minimum Gasteiger partial charge on any atom is -0.396 e. The van der Waals surface area contributed by atoms with Crippen LogP contribution in [0, 0.1) is 29.1 Å². The smallest absolute Gasteiger partial charge is 0.0434 e. The molecule has 1 N–H and O–H groups in total. The molecular weight excluding hydrogens is 244 g/mol. The van der Waals surface area contributed by atoms with Crippen molar-refractivity contribution in [2.75, 3.05) is 6.61 Å². The van der Waals surface area contributed by atoms with Crippen molar-refractivity contribution >= 4 is 0 Å². The van der Waals surface area contributed by atoms with E-state index in [4.69, 9.17) is 0 Å². The summed E-state index contributed by atoms with van der Waals surface area (Å²) in [5.74, 6) is 3.14. The van der Waals surface area contributed by atoms with Gasteiger partial charge in [-0.05, 0) is 61.2 Å². The molecule has 5 atom stereocenters. The van der Waals surface area contributed by atoms with Crippen LogP contribution < -0.4 is 0 Å². The van der Waals surface area contributed by atoms with Gasteiger partial charge in [0.2, 0.25) is 0 Å². The molecule has 1 nitrogen and oxygen atoms in total. The van der Waals surface area contributed by atoms with Crippen LogP contribution in [-0.4, -0.2) is 11.7 Å². The molecule has 3 aliphatic rings. The molecule has 0 aromatic rings. The zero-order valence-electron chi connectivity index (χ0n) is 13.1. The third kappa shape index (κ3) is 2.28. The zero-order valence-corrected chi connectivity index (χ0v) is 13.1. The minimum atomic E-state index is 0.339. The lowest BCUT2D eigenvalue weighted by Gasteiger charge is -2.54. The summed E-state index contributed by atoms with van der Waals surface area (Å²) in [5, 5.41) is 9.19. The van der Waals surface area contributed by atoms with Gasteiger partial charge in [-0.1, -0.05) is 50.5 Å². The van der Waals surface area contributed by atoms with E-state index in [9.17, 15) is 5.11 Å². The fourth-order valence-corrected chi connectivity index (χ4v) is 5.35. The number of allylic oxidation sites excluding steroid dienone is 4. The molecular formula is C19H30O. The Morgan fingerprint density at radius 2 is 2.10 bits per heavy atom. The number of fused-ring (bicyclic) bond motifs is 3. The van der Waals surface area contributed by atoms with Gasteiger partial charge in [0.1, 0.15) is 0 Å². The molecule has 0 bridgehead atoms. The largest absolute Gasteiger partial charge is 0.396 e. The van der Waals surface area contributed by atoms with Gasteiger partial charge in [0.15, 0.2) is 0 Å². The molecule has 1 fully saturated rings. The van der Waals surface area contributed by atoms with E-state index in [1.165, 1.54) is 32.1 Å². The maximum Gasteiger partial charge on any atom is 0.0434 e. The van der Waals surface area contributed by atoms with Crippen molar-refractivity contribution in [2.24, 2.45) is 29.1 Å². The molecule has 5 unspecified atom stereocenters. The predicted molar refractivity (Wildman–Crippen MR) is 84.4 cm³/mol. The number of aliphatic hydroxyl groups is 1. The van der Waals surface area contributed by atoms with Crippen molar-refractivity contribution in [1.29, 1.82) is 0 Å². The summed E-state index contributed by atoms with van der Waals surface area (Å²) in [6.07, 6.45) is 16.6. The monoisotopic (exact) mass is 274 g/mol. The van der Waals surface area contributed by atoms with Crippen LogP contribution in [0.1, 0.15) is 58.8 Å². The van der Waals surface area contributed by atoms with E-state index in [0.29, 0.717) is 12.0 Å². The summed E-state index contributed by atoms with van der Waals surface area (Å²) in [6.45, 7) is 5.29. The van der Waals surface area contributed by atoms with Crippen LogP contribution in [0.5, 0.6) is 0 Å². The van der Waals surface area contributed by atoms with Gasteiger partial charge in [0.05, 0.1) is 0 Å². The second kappa shape index (κ2) is 5.67. The molecule has 112 valence electrons. The Balaban J connectivity index is 1.96. The fourth-order valence-electron chi connectivity index (χ4n) is 5.35. The normalized spacial score (nSPS) is 43.6. The van der Waals surface area contributed by atoms with E-state index in [2.05, 4.69) is 32.1 Å². The molecule has 0 aromatic carbocycles. The lowest BCUT2D eigenvalue weighted by atomic mass is 9.50. The van der Waals surface area contributed by atoms with Crippen molar-refractivity contribution in [3.8, 4) is 0 Å². The molecule has 0 spiro atoms. The maximum atomic E-state index is 9.19. The van der Waals surface area contributed by atoms with Gasteiger partial charge in [-0.15, -0.1) is 0 Å². The number of rotatable bonds is 3. The van der Waals surface area contributed by atoms with E-state index in [-0.39, 0.29) is 0 Å². The first-order chi connectivity index (χ1) is 9.66. The highest BCUT2D eigenvalue weighted by atomic mass is 16.2. The molecule has 0 aromatic heterocycles. The van der Waals surface area contributed by atoms with Crippen molar-refractivity contribution in [3.05, 3.63) is 23.8 Å². The lowest BCUT2D eigenvalue weighted by molar-refractivity contribution is 0.0489. The lowest BCUT2D eigenvalue weighted by Crippen LogP contribution is -2.46. The zero-order chi connectivity index (χ0) is 14.2. The highest BCUT2D eigenvalue weighted by Crippen LogP contribution is 2.58. The second-order valence-corrected chi connectivity index (χ2v) is 7.57. The third-order valence-electron chi connectivity index (χ3n) is 6.37. The van der Waals surface area contributed by atoms with Crippen LogP contribution in [0.2, 0.25) is 0 Å². The molecule has 0 amide bonds. The molecule has 20 heavy (non-hydrogen) atoms. The van der Waals surface area contributed by atoms with Gasteiger partial charge in [-0.3, -0.25) is 0 Å². The van der Waals surface area contributed by atoms with Crippen LogP contribution in [0.4, 0.5) is 0 Å². The van der Waals surface area contributed by atoms with Gasteiger partial charge in [-0.25, -0.2) is 0 Å². The first kappa shape index (κ1) is 14.4.